The molecule has 1 aromatic carbocycles. The molecule has 6 nitrogen and oxygen atoms in total. The van der Waals surface area contributed by atoms with Crippen LogP contribution in [0.2, 0.25) is 0 Å². The zero-order chi connectivity index (χ0) is 22.5. The first kappa shape index (κ1) is 24.7. The summed E-state index contributed by atoms with van der Waals surface area (Å²) in [5.41, 5.74) is -1.45. The molecule has 6 heteroatoms. The maximum atomic E-state index is 12.6. The third-order valence-electron chi connectivity index (χ3n) is 4.39. The van der Waals surface area contributed by atoms with Gasteiger partial charge in [0.2, 0.25) is 5.91 Å². The van der Waals surface area contributed by atoms with Gasteiger partial charge >= 0.3 is 11.9 Å². The summed E-state index contributed by atoms with van der Waals surface area (Å²) in [4.78, 5) is 37.1. The van der Waals surface area contributed by atoms with Crippen molar-refractivity contribution in [1.29, 1.82) is 0 Å². The lowest BCUT2D eigenvalue weighted by Gasteiger charge is -2.34. The summed E-state index contributed by atoms with van der Waals surface area (Å²) < 4.78 is 11.0. The lowest BCUT2D eigenvalue weighted by molar-refractivity contribution is -0.169. The van der Waals surface area contributed by atoms with E-state index in [0.29, 0.717) is 0 Å². The van der Waals surface area contributed by atoms with Crippen molar-refractivity contribution in [3.63, 3.8) is 0 Å². The van der Waals surface area contributed by atoms with Crippen molar-refractivity contribution < 1.29 is 23.9 Å². The lowest BCUT2D eigenvalue weighted by Crippen LogP contribution is -2.47. The molecule has 29 heavy (non-hydrogen) atoms. The molecule has 0 bridgehead atoms. The van der Waals surface area contributed by atoms with E-state index in [9.17, 15) is 14.4 Å². The molecule has 0 radical (unpaired) electrons. The van der Waals surface area contributed by atoms with E-state index in [2.05, 4.69) is 5.32 Å². The van der Waals surface area contributed by atoms with Gasteiger partial charge in [-0.15, -0.1) is 0 Å². The summed E-state index contributed by atoms with van der Waals surface area (Å²) >= 11 is 0. The van der Waals surface area contributed by atoms with Gasteiger partial charge in [-0.1, -0.05) is 51.1 Å². The average Bonchev–Trinajstić information content (AvgIpc) is 2.58. The van der Waals surface area contributed by atoms with Crippen molar-refractivity contribution in [2.45, 2.75) is 80.1 Å². The molecule has 1 N–H and O–H groups in total. The molecular weight excluding hydrogens is 370 g/mol. The molecule has 1 rings (SSSR count). The quantitative estimate of drug-likeness (QED) is 0.661. The molecule has 0 aliphatic rings. The van der Waals surface area contributed by atoms with Crippen LogP contribution in [-0.4, -0.2) is 29.5 Å². The van der Waals surface area contributed by atoms with Crippen LogP contribution < -0.4 is 5.32 Å². The molecule has 1 atom stereocenters. The summed E-state index contributed by atoms with van der Waals surface area (Å²) in [5, 5.41) is 2.66. The van der Waals surface area contributed by atoms with E-state index in [-0.39, 0.29) is 24.9 Å². The minimum atomic E-state index is -0.910. The Morgan fingerprint density at radius 2 is 1.52 bits per heavy atom. The van der Waals surface area contributed by atoms with Crippen molar-refractivity contribution >= 4 is 17.8 Å². The highest BCUT2D eigenvalue weighted by Gasteiger charge is 2.39. The number of benzene rings is 1. The minimum Gasteiger partial charge on any atom is -0.460 e. The summed E-state index contributed by atoms with van der Waals surface area (Å²) in [7, 11) is 0. The average molecular weight is 406 g/mol. The second kappa shape index (κ2) is 9.42. The highest BCUT2D eigenvalue weighted by atomic mass is 16.6. The number of ether oxygens (including phenoxy) is 2. The first-order chi connectivity index (χ1) is 13.1. The van der Waals surface area contributed by atoms with Crippen molar-refractivity contribution in [1.82, 2.24) is 5.32 Å². The molecule has 0 spiro atoms. The Labute approximate surface area is 174 Å². The molecule has 0 unspecified atom stereocenters. The van der Waals surface area contributed by atoms with Crippen LogP contribution in [0.1, 0.15) is 67.4 Å². The van der Waals surface area contributed by atoms with Crippen LogP contribution in [0.3, 0.4) is 0 Å². The highest BCUT2D eigenvalue weighted by Crippen LogP contribution is 2.32. The van der Waals surface area contributed by atoms with Gasteiger partial charge in [0.15, 0.2) is 0 Å². The van der Waals surface area contributed by atoms with Gasteiger partial charge < -0.3 is 14.8 Å². The molecule has 0 saturated carbocycles. The van der Waals surface area contributed by atoms with E-state index >= 15 is 0 Å². The van der Waals surface area contributed by atoms with Crippen LogP contribution in [-0.2, 0) is 30.5 Å². The Morgan fingerprint density at radius 3 is 2.03 bits per heavy atom. The van der Waals surface area contributed by atoms with Crippen LogP contribution in [0.25, 0.3) is 0 Å². The number of rotatable bonds is 8. The number of carbonyl (C=O) groups excluding carboxylic acids is 3. The van der Waals surface area contributed by atoms with Crippen molar-refractivity contribution in [3.05, 3.63) is 35.9 Å². The van der Waals surface area contributed by atoms with E-state index in [4.69, 9.17) is 9.47 Å². The highest BCUT2D eigenvalue weighted by molar-refractivity contribution is 5.87. The molecule has 162 valence electrons. The predicted molar refractivity (Wildman–Crippen MR) is 112 cm³/mol. The standard InChI is InChI=1S/C23H35NO5/c1-16(24-19(26)21(2,3)4)18(25)29-23(7,8)15-22(5,6)20(27)28-14-17-12-10-9-11-13-17/h9-13,16H,14-15H2,1-8H3,(H,24,26)/t16-/m0/s1. The number of hydrogen-bond acceptors (Lipinski definition) is 5. The molecule has 1 aromatic rings. The van der Waals surface area contributed by atoms with Gasteiger partial charge in [0.05, 0.1) is 5.41 Å². The smallest absolute Gasteiger partial charge is 0.328 e. The Hall–Kier alpha value is -2.37. The van der Waals surface area contributed by atoms with E-state index < -0.39 is 28.4 Å². The Morgan fingerprint density at radius 1 is 0.966 bits per heavy atom. The normalized spacial score (nSPS) is 13.4. The maximum absolute atomic E-state index is 12.6. The van der Waals surface area contributed by atoms with Gasteiger partial charge in [0, 0.05) is 11.8 Å². The van der Waals surface area contributed by atoms with Crippen LogP contribution in [0, 0.1) is 10.8 Å². The van der Waals surface area contributed by atoms with Crippen LogP contribution >= 0.6 is 0 Å². The molecule has 0 aliphatic carbocycles. The van der Waals surface area contributed by atoms with Crippen molar-refractivity contribution in [2.24, 2.45) is 10.8 Å². The number of carbonyl (C=O) groups is 3. The monoisotopic (exact) mass is 405 g/mol. The SMILES string of the molecule is C[C@H](NC(=O)C(C)(C)C)C(=O)OC(C)(C)CC(C)(C)C(=O)OCc1ccccc1. The van der Waals surface area contributed by atoms with Crippen LogP contribution in [0.4, 0.5) is 0 Å². The van der Waals surface area contributed by atoms with Gasteiger partial charge in [-0.25, -0.2) is 4.79 Å². The number of amides is 1. The Kier molecular flexibility index (Phi) is 8.01. The molecule has 0 fully saturated rings. The second-order valence-electron chi connectivity index (χ2n) is 9.75. The molecule has 1 amide bonds. The van der Waals surface area contributed by atoms with Gasteiger partial charge in [-0.2, -0.15) is 0 Å². The van der Waals surface area contributed by atoms with Crippen molar-refractivity contribution in [2.75, 3.05) is 0 Å². The number of hydrogen-bond donors (Lipinski definition) is 1. The third-order valence-corrected chi connectivity index (χ3v) is 4.39. The topological polar surface area (TPSA) is 81.7 Å². The molecule has 0 aliphatic heterocycles. The van der Waals surface area contributed by atoms with E-state index in [1.54, 1.807) is 55.4 Å². The fraction of sp³-hybridized carbons (Fsp3) is 0.609. The largest absolute Gasteiger partial charge is 0.460 e. The Bertz CT molecular complexity index is 717. The Balaban J connectivity index is 2.65. The summed E-state index contributed by atoms with van der Waals surface area (Å²) in [6, 6.07) is 8.66. The fourth-order valence-corrected chi connectivity index (χ4v) is 2.92. The lowest BCUT2D eigenvalue weighted by atomic mass is 9.81. The van der Waals surface area contributed by atoms with Crippen LogP contribution in [0.5, 0.6) is 0 Å². The van der Waals surface area contributed by atoms with Gasteiger partial charge in [-0.05, 0) is 40.2 Å². The van der Waals surface area contributed by atoms with Crippen LogP contribution in [0.15, 0.2) is 30.3 Å². The predicted octanol–water partition coefficient (Wildman–Crippen LogP) is 4.02. The van der Waals surface area contributed by atoms with Gasteiger partial charge in [-0.3, -0.25) is 9.59 Å². The fourth-order valence-electron chi connectivity index (χ4n) is 2.92. The zero-order valence-electron chi connectivity index (χ0n) is 18.9. The molecule has 0 saturated heterocycles. The van der Waals surface area contributed by atoms with Gasteiger partial charge in [0.1, 0.15) is 18.2 Å². The molecule has 0 heterocycles. The van der Waals surface area contributed by atoms with Gasteiger partial charge in [0.25, 0.3) is 0 Å². The molecule has 0 aromatic heterocycles. The summed E-state index contributed by atoms with van der Waals surface area (Å²) in [6.07, 6.45) is 0.277. The second-order valence-corrected chi connectivity index (χ2v) is 9.75. The van der Waals surface area contributed by atoms with Crippen molar-refractivity contribution in [3.8, 4) is 0 Å². The summed E-state index contributed by atoms with van der Waals surface area (Å²) in [6.45, 7) is 14.1. The summed E-state index contributed by atoms with van der Waals surface area (Å²) in [5.74, 6) is -1.13. The number of esters is 2. The third kappa shape index (κ3) is 8.26. The first-order valence-corrected chi connectivity index (χ1v) is 9.89. The zero-order valence-corrected chi connectivity index (χ0v) is 18.9. The first-order valence-electron chi connectivity index (χ1n) is 9.89. The maximum Gasteiger partial charge on any atom is 0.328 e. The van der Waals surface area contributed by atoms with E-state index in [1.165, 1.54) is 0 Å². The van der Waals surface area contributed by atoms with E-state index in [0.717, 1.165) is 5.56 Å². The minimum absolute atomic E-state index is 0.194. The number of nitrogens with one attached hydrogen (secondary N) is 1. The molecular formula is C23H35NO5. The van der Waals surface area contributed by atoms with E-state index in [1.807, 2.05) is 30.3 Å².